The number of nitrogens with one attached hydrogen (secondary N) is 1. The number of benzene rings is 2. The normalized spacial score (nSPS) is 10.5. The first-order chi connectivity index (χ1) is 10.1. The summed E-state index contributed by atoms with van der Waals surface area (Å²) in [6.45, 7) is -2.77. The summed E-state index contributed by atoms with van der Waals surface area (Å²) in [4.78, 5) is 12.1. The lowest BCUT2D eigenvalue weighted by molar-refractivity contribution is -0.0504. The van der Waals surface area contributed by atoms with E-state index in [0.29, 0.717) is 11.1 Å². The SMILES string of the molecule is O=C(NCc1ccccc1OC(F)F)c1ccccc1I. The molecule has 0 saturated heterocycles. The molecular formula is C15H12F2INO2. The summed E-state index contributed by atoms with van der Waals surface area (Å²) >= 11 is 2.07. The molecule has 0 heterocycles. The number of alkyl halides is 2. The second-order valence-corrected chi connectivity index (χ2v) is 5.31. The molecule has 0 atom stereocenters. The van der Waals surface area contributed by atoms with Crippen molar-refractivity contribution in [3.05, 3.63) is 63.2 Å². The Morgan fingerprint density at radius 1 is 1.14 bits per heavy atom. The van der Waals surface area contributed by atoms with E-state index in [1.165, 1.54) is 6.07 Å². The van der Waals surface area contributed by atoms with Crippen LogP contribution >= 0.6 is 22.6 Å². The molecule has 1 N–H and O–H groups in total. The first-order valence-corrected chi connectivity index (χ1v) is 7.21. The molecular weight excluding hydrogens is 391 g/mol. The van der Waals surface area contributed by atoms with Crippen LogP contribution in [-0.4, -0.2) is 12.5 Å². The van der Waals surface area contributed by atoms with Gasteiger partial charge in [-0.05, 0) is 40.8 Å². The van der Waals surface area contributed by atoms with E-state index < -0.39 is 6.61 Å². The fraction of sp³-hybridized carbons (Fsp3) is 0.133. The Labute approximate surface area is 134 Å². The van der Waals surface area contributed by atoms with Crippen LogP contribution in [-0.2, 0) is 6.54 Å². The molecule has 110 valence electrons. The molecule has 1 amide bonds. The van der Waals surface area contributed by atoms with E-state index in [4.69, 9.17) is 0 Å². The summed E-state index contributed by atoms with van der Waals surface area (Å²) in [6.07, 6.45) is 0. The van der Waals surface area contributed by atoms with Crippen molar-refractivity contribution in [2.45, 2.75) is 13.2 Å². The molecule has 0 aliphatic heterocycles. The van der Waals surface area contributed by atoms with Gasteiger partial charge in [0.2, 0.25) is 0 Å². The van der Waals surface area contributed by atoms with Gasteiger partial charge >= 0.3 is 6.61 Å². The molecule has 2 aromatic carbocycles. The van der Waals surface area contributed by atoms with E-state index in [-0.39, 0.29) is 18.2 Å². The molecule has 0 aliphatic rings. The number of para-hydroxylation sites is 1. The third kappa shape index (κ3) is 4.38. The van der Waals surface area contributed by atoms with Gasteiger partial charge < -0.3 is 10.1 Å². The standard InChI is InChI=1S/C15H12F2INO2/c16-15(17)21-13-8-4-1-5-10(13)9-19-14(20)11-6-2-3-7-12(11)18/h1-8,15H,9H2,(H,19,20). The lowest BCUT2D eigenvalue weighted by Gasteiger charge is -2.11. The van der Waals surface area contributed by atoms with Crippen LogP contribution in [0.5, 0.6) is 5.75 Å². The summed E-state index contributed by atoms with van der Waals surface area (Å²) in [5.41, 5.74) is 1.04. The average Bonchev–Trinajstić information content (AvgIpc) is 2.46. The van der Waals surface area contributed by atoms with E-state index in [1.54, 1.807) is 30.3 Å². The zero-order valence-corrected chi connectivity index (χ0v) is 13.0. The maximum absolute atomic E-state index is 12.3. The van der Waals surface area contributed by atoms with Gasteiger partial charge in [0, 0.05) is 15.7 Å². The van der Waals surface area contributed by atoms with Gasteiger partial charge in [-0.1, -0.05) is 30.3 Å². The maximum atomic E-state index is 12.3. The Morgan fingerprint density at radius 3 is 2.52 bits per heavy atom. The van der Waals surface area contributed by atoms with Crippen LogP contribution in [0.1, 0.15) is 15.9 Å². The van der Waals surface area contributed by atoms with Crippen molar-refractivity contribution >= 4 is 28.5 Å². The molecule has 2 aromatic rings. The third-order valence-corrected chi connectivity index (χ3v) is 3.69. The molecule has 0 saturated carbocycles. The molecule has 0 spiro atoms. The third-order valence-electron chi connectivity index (χ3n) is 2.75. The van der Waals surface area contributed by atoms with Gasteiger partial charge in [-0.2, -0.15) is 8.78 Å². The zero-order valence-electron chi connectivity index (χ0n) is 10.9. The number of hydrogen-bond donors (Lipinski definition) is 1. The van der Waals surface area contributed by atoms with E-state index in [0.717, 1.165) is 3.57 Å². The minimum absolute atomic E-state index is 0.0653. The predicted molar refractivity (Wildman–Crippen MR) is 83.4 cm³/mol. The number of amides is 1. The summed E-state index contributed by atoms with van der Waals surface area (Å²) in [5.74, 6) is -0.192. The fourth-order valence-corrected chi connectivity index (χ4v) is 2.41. The monoisotopic (exact) mass is 403 g/mol. The van der Waals surface area contributed by atoms with Crippen LogP contribution in [0.25, 0.3) is 0 Å². The van der Waals surface area contributed by atoms with Crippen LogP contribution in [0.3, 0.4) is 0 Å². The number of hydrogen-bond acceptors (Lipinski definition) is 2. The number of ether oxygens (including phenoxy) is 1. The molecule has 3 nitrogen and oxygen atoms in total. The number of carbonyl (C=O) groups excluding carboxylic acids is 1. The van der Waals surface area contributed by atoms with Crippen LogP contribution in [0.15, 0.2) is 48.5 Å². The lowest BCUT2D eigenvalue weighted by Crippen LogP contribution is -2.24. The summed E-state index contributed by atoms with van der Waals surface area (Å²) in [7, 11) is 0. The molecule has 0 fully saturated rings. The smallest absolute Gasteiger partial charge is 0.387 e. The molecule has 0 aliphatic carbocycles. The molecule has 0 aromatic heterocycles. The molecule has 0 bridgehead atoms. The highest BCUT2D eigenvalue weighted by atomic mass is 127. The van der Waals surface area contributed by atoms with E-state index in [9.17, 15) is 13.6 Å². The van der Waals surface area contributed by atoms with Crippen LogP contribution in [0.4, 0.5) is 8.78 Å². The molecule has 0 unspecified atom stereocenters. The summed E-state index contributed by atoms with van der Waals surface area (Å²) in [5, 5.41) is 2.70. The minimum Gasteiger partial charge on any atom is -0.434 e. The van der Waals surface area contributed by atoms with Gasteiger partial charge in [0.1, 0.15) is 5.75 Å². The van der Waals surface area contributed by atoms with Gasteiger partial charge in [-0.25, -0.2) is 0 Å². The number of carbonyl (C=O) groups is 1. The van der Waals surface area contributed by atoms with Crippen molar-refractivity contribution in [2.75, 3.05) is 0 Å². The van der Waals surface area contributed by atoms with Crippen molar-refractivity contribution in [3.63, 3.8) is 0 Å². The highest BCUT2D eigenvalue weighted by molar-refractivity contribution is 14.1. The second kappa shape index (κ2) is 7.35. The van der Waals surface area contributed by atoms with Gasteiger partial charge in [-0.15, -0.1) is 0 Å². The summed E-state index contributed by atoms with van der Waals surface area (Å²) < 4.78 is 29.9. The van der Waals surface area contributed by atoms with Crippen molar-refractivity contribution < 1.29 is 18.3 Å². The number of halogens is 3. The van der Waals surface area contributed by atoms with Gasteiger partial charge in [0.25, 0.3) is 5.91 Å². The Balaban J connectivity index is 2.07. The van der Waals surface area contributed by atoms with Gasteiger partial charge in [0.15, 0.2) is 0 Å². The largest absolute Gasteiger partial charge is 0.434 e. The maximum Gasteiger partial charge on any atom is 0.387 e. The summed E-state index contributed by atoms with van der Waals surface area (Å²) in [6, 6.07) is 13.5. The van der Waals surface area contributed by atoms with Crippen molar-refractivity contribution in [1.29, 1.82) is 0 Å². The van der Waals surface area contributed by atoms with Gasteiger partial charge in [0.05, 0.1) is 5.56 Å². The molecule has 6 heteroatoms. The molecule has 2 rings (SSSR count). The Morgan fingerprint density at radius 2 is 1.81 bits per heavy atom. The Kier molecular flexibility index (Phi) is 5.49. The Hall–Kier alpha value is -1.70. The highest BCUT2D eigenvalue weighted by Crippen LogP contribution is 2.20. The topological polar surface area (TPSA) is 38.3 Å². The minimum atomic E-state index is -2.89. The second-order valence-electron chi connectivity index (χ2n) is 4.15. The average molecular weight is 403 g/mol. The van der Waals surface area contributed by atoms with Crippen molar-refractivity contribution in [3.8, 4) is 5.75 Å². The first kappa shape index (κ1) is 15.7. The lowest BCUT2D eigenvalue weighted by atomic mass is 10.2. The van der Waals surface area contributed by atoms with E-state index in [1.807, 2.05) is 12.1 Å². The van der Waals surface area contributed by atoms with Crippen LogP contribution < -0.4 is 10.1 Å². The van der Waals surface area contributed by atoms with E-state index in [2.05, 4.69) is 32.6 Å². The zero-order chi connectivity index (χ0) is 15.2. The van der Waals surface area contributed by atoms with Crippen molar-refractivity contribution in [1.82, 2.24) is 5.32 Å². The predicted octanol–water partition coefficient (Wildman–Crippen LogP) is 3.82. The quantitative estimate of drug-likeness (QED) is 0.772. The van der Waals surface area contributed by atoms with E-state index >= 15 is 0 Å². The first-order valence-electron chi connectivity index (χ1n) is 6.13. The van der Waals surface area contributed by atoms with Crippen LogP contribution in [0, 0.1) is 3.57 Å². The van der Waals surface area contributed by atoms with Crippen LogP contribution in [0.2, 0.25) is 0 Å². The molecule has 0 radical (unpaired) electrons. The highest BCUT2D eigenvalue weighted by Gasteiger charge is 2.12. The van der Waals surface area contributed by atoms with Crippen molar-refractivity contribution in [2.24, 2.45) is 0 Å². The van der Waals surface area contributed by atoms with Gasteiger partial charge in [-0.3, -0.25) is 4.79 Å². The Bertz CT molecular complexity index is 635. The fourth-order valence-electron chi connectivity index (χ4n) is 1.78. The number of rotatable bonds is 5. The molecule has 21 heavy (non-hydrogen) atoms.